The summed E-state index contributed by atoms with van der Waals surface area (Å²) in [7, 11) is 1.74. The summed E-state index contributed by atoms with van der Waals surface area (Å²) in [6.45, 7) is 0.485. The van der Waals surface area contributed by atoms with Crippen LogP contribution in [0, 0.1) is 0 Å². The molecule has 1 amide bonds. The molecule has 5 nitrogen and oxygen atoms in total. The van der Waals surface area contributed by atoms with E-state index in [-0.39, 0.29) is 18.0 Å². The summed E-state index contributed by atoms with van der Waals surface area (Å²) in [6, 6.07) is 15.2. The number of carbonyl (C=O) groups is 1. The average Bonchev–Trinajstić information content (AvgIpc) is 2.64. The SMILES string of the molecule is CSc1ccc(CN(C)C(=O)Cn2cnc3ccccc3c2=O)cc1. The minimum atomic E-state index is -0.198. The summed E-state index contributed by atoms with van der Waals surface area (Å²) in [5, 5.41) is 0.521. The maximum Gasteiger partial charge on any atom is 0.261 e. The highest BCUT2D eigenvalue weighted by molar-refractivity contribution is 7.98. The van der Waals surface area contributed by atoms with Crippen molar-refractivity contribution < 1.29 is 4.79 Å². The number of para-hydroxylation sites is 1. The fourth-order valence-electron chi connectivity index (χ4n) is 2.58. The highest BCUT2D eigenvalue weighted by Gasteiger charge is 2.12. The molecule has 25 heavy (non-hydrogen) atoms. The van der Waals surface area contributed by atoms with Crippen molar-refractivity contribution in [1.29, 1.82) is 0 Å². The number of thioether (sulfide) groups is 1. The van der Waals surface area contributed by atoms with E-state index in [4.69, 9.17) is 0 Å². The quantitative estimate of drug-likeness (QED) is 0.662. The van der Waals surface area contributed by atoms with Gasteiger partial charge >= 0.3 is 0 Å². The maximum absolute atomic E-state index is 12.5. The predicted octanol–water partition coefficient (Wildman–Crippen LogP) is 2.78. The summed E-state index contributed by atoms with van der Waals surface area (Å²) >= 11 is 1.68. The van der Waals surface area contributed by atoms with Crippen molar-refractivity contribution in [3.05, 3.63) is 70.8 Å². The molecule has 0 aliphatic carbocycles. The number of amides is 1. The summed E-state index contributed by atoms with van der Waals surface area (Å²) in [4.78, 5) is 32.0. The fraction of sp³-hybridized carbons (Fsp3) is 0.211. The molecule has 3 rings (SSSR count). The number of rotatable bonds is 5. The van der Waals surface area contributed by atoms with Crippen LogP contribution in [-0.2, 0) is 17.9 Å². The second kappa shape index (κ2) is 7.53. The van der Waals surface area contributed by atoms with Crippen LogP contribution in [0.15, 0.2) is 64.5 Å². The molecule has 1 aromatic heterocycles. The molecular weight excluding hydrogens is 334 g/mol. The van der Waals surface area contributed by atoms with Crippen LogP contribution in [0.25, 0.3) is 10.9 Å². The standard InChI is InChI=1S/C19H19N3O2S/c1-21(11-14-7-9-15(25-2)10-8-14)18(23)12-22-13-20-17-6-4-3-5-16(17)19(22)24/h3-10,13H,11-12H2,1-2H3. The molecule has 0 unspecified atom stereocenters. The summed E-state index contributed by atoms with van der Waals surface area (Å²) in [6.07, 6.45) is 3.46. The Hall–Kier alpha value is -2.60. The van der Waals surface area contributed by atoms with Gasteiger partial charge in [0.05, 0.1) is 17.2 Å². The monoisotopic (exact) mass is 353 g/mol. The molecule has 0 bridgehead atoms. The van der Waals surface area contributed by atoms with Crippen LogP contribution in [0.4, 0.5) is 0 Å². The molecule has 1 heterocycles. The molecule has 0 atom stereocenters. The molecule has 0 saturated carbocycles. The lowest BCUT2D eigenvalue weighted by Crippen LogP contribution is -2.33. The van der Waals surface area contributed by atoms with E-state index in [9.17, 15) is 9.59 Å². The minimum absolute atomic E-state index is 0.0178. The van der Waals surface area contributed by atoms with Crippen LogP contribution < -0.4 is 5.56 Å². The van der Waals surface area contributed by atoms with Crippen LogP contribution >= 0.6 is 11.8 Å². The van der Waals surface area contributed by atoms with Gasteiger partial charge in [-0.25, -0.2) is 4.98 Å². The first-order valence-electron chi connectivity index (χ1n) is 7.89. The van der Waals surface area contributed by atoms with Gasteiger partial charge in [0.15, 0.2) is 0 Å². The Morgan fingerprint density at radius 3 is 2.60 bits per heavy atom. The van der Waals surface area contributed by atoms with Crippen molar-refractivity contribution in [1.82, 2.24) is 14.5 Å². The van der Waals surface area contributed by atoms with Gasteiger partial charge in [-0.15, -0.1) is 11.8 Å². The zero-order valence-electron chi connectivity index (χ0n) is 14.2. The zero-order chi connectivity index (χ0) is 17.8. The molecule has 3 aromatic rings. The maximum atomic E-state index is 12.5. The lowest BCUT2D eigenvalue weighted by molar-refractivity contribution is -0.131. The predicted molar refractivity (Wildman–Crippen MR) is 101 cm³/mol. The number of nitrogens with zero attached hydrogens (tertiary/aromatic N) is 3. The minimum Gasteiger partial charge on any atom is -0.340 e. The van der Waals surface area contributed by atoms with Crippen molar-refractivity contribution in [3.63, 3.8) is 0 Å². The highest BCUT2D eigenvalue weighted by atomic mass is 32.2. The molecule has 128 valence electrons. The molecular formula is C19H19N3O2S. The Morgan fingerprint density at radius 2 is 1.88 bits per heavy atom. The van der Waals surface area contributed by atoms with Gasteiger partial charge in [0.25, 0.3) is 5.56 Å². The third kappa shape index (κ3) is 3.91. The molecule has 0 spiro atoms. The van der Waals surface area contributed by atoms with E-state index >= 15 is 0 Å². The van der Waals surface area contributed by atoms with Crippen LogP contribution in [-0.4, -0.2) is 33.7 Å². The molecule has 0 radical (unpaired) electrons. The lowest BCUT2D eigenvalue weighted by atomic mass is 10.2. The van der Waals surface area contributed by atoms with Crippen molar-refractivity contribution in [2.75, 3.05) is 13.3 Å². The number of hydrogen-bond acceptors (Lipinski definition) is 4. The first kappa shape index (κ1) is 17.2. The van der Waals surface area contributed by atoms with Gasteiger partial charge in [-0.1, -0.05) is 24.3 Å². The van der Waals surface area contributed by atoms with Crippen molar-refractivity contribution in [2.45, 2.75) is 18.0 Å². The van der Waals surface area contributed by atoms with Gasteiger partial charge in [-0.3, -0.25) is 14.2 Å². The van der Waals surface area contributed by atoms with E-state index in [1.807, 2.05) is 36.6 Å². The van der Waals surface area contributed by atoms with E-state index in [0.717, 1.165) is 5.56 Å². The average molecular weight is 353 g/mol. The summed E-state index contributed by atoms with van der Waals surface area (Å²) in [5.74, 6) is -0.131. The normalized spacial score (nSPS) is 10.8. The van der Waals surface area contributed by atoms with E-state index in [1.54, 1.807) is 41.9 Å². The van der Waals surface area contributed by atoms with Gasteiger partial charge in [0.1, 0.15) is 6.54 Å². The van der Waals surface area contributed by atoms with E-state index in [1.165, 1.54) is 15.8 Å². The number of likely N-dealkylation sites (N-methyl/N-ethyl adjacent to an activating group) is 1. The Kier molecular flexibility index (Phi) is 5.19. The molecule has 0 aliphatic rings. The molecule has 0 saturated heterocycles. The van der Waals surface area contributed by atoms with E-state index < -0.39 is 0 Å². The third-order valence-corrected chi connectivity index (χ3v) is 4.79. The van der Waals surface area contributed by atoms with Crippen molar-refractivity contribution >= 4 is 28.6 Å². The molecule has 0 aliphatic heterocycles. The Bertz CT molecular complexity index is 951. The van der Waals surface area contributed by atoms with Gasteiger partial charge < -0.3 is 4.90 Å². The van der Waals surface area contributed by atoms with Gasteiger partial charge in [-0.2, -0.15) is 0 Å². The summed E-state index contributed by atoms with van der Waals surface area (Å²) < 4.78 is 1.36. The van der Waals surface area contributed by atoms with Gasteiger partial charge in [-0.05, 0) is 36.1 Å². The smallest absolute Gasteiger partial charge is 0.261 e. The molecule has 6 heteroatoms. The number of benzene rings is 2. The molecule has 2 aromatic carbocycles. The molecule has 0 N–H and O–H groups in total. The van der Waals surface area contributed by atoms with Gasteiger partial charge in [0.2, 0.25) is 5.91 Å². The number of aromatic nitrogens is 2. The fourth-order valence-corrected chi connectivity index (χ4v) is 2.99. The first-order chi connectivity index (χ1) is 12.1. The number of hydrogen-bond donors (Lipinski definition) is 0. The topological polar surface area (TPSA) is 55.2 Å². The largest absolute Gasteiger partial charge is 0.340 e. The van der Waals surface area contributed by atoms with Gasteiger partial charge in [0, 0.05) is 18.5 Å². The second-order valence-corrected chi connectivity index (χ2v) is 6.67. The van der Waals surface area contributed by atoms with E-state index in [0.29, 0.717) is 17.4 Å². The van der Waals surface area contributed by atoms with Crippen LogP contribution in [0.5, 0.6) is 0 Å². The highest BCUT2D eigenvalue weighted by Crippen LogP contribution is 2.15. The summed E-state index contributed by atoms with van der Waals surface area (Å²) in [5.41, 5.74) is 1.49. The third-order valence-electron chi connectivity index (χ3n) is 4.04. The second-order valence-electron chi connectivity index (χ2n) is 5.79. The number of carbonyl (C=O) groups excluding carboxylic acids is 1. The number of fused-ring (bicyclic) bond motifs is 1. The van der Waals surface area contributed by atoms with Crippen LogP contribution in [0.2, 0.25) is 0 Å². The van der Waals surface area contributed by atoms with Crippen LogP contribution in [0.3, 0.4) is 0 Å². The lowest BCUT2D eigenvalue weighted by Gasteiger charge is -2.18. The Morgan fingerprint density at radius 1 is 1.16 bits per heavy atom. The zero-order valence-corrected chi connectivity index (χ0v) is 15.0. The Balaban J connectivity index is 1.72. The first-order valence-corrected chi connectivity index (χ1v) is 9.12. The molecule has 0 fully saturated rings. The Labute approximate surface area is 150 Å². The van der Waals surface area contributed by atoms with E-state index in [2.05, 4.69) is 4.98 Å². The van der Waals surface area contributed by atoms with Crippen molar-refractivity contribution in [2.24, 2.45) is 0 Å². The van der Waals surface area contributed by atoms with Crippen LogP contribution in [0.1, 0.15) is 5.56 Å². The van der Waals surface area contributed by atoms with Crippen molar-refractivity contribution in [3.8, 4) is 0 Å².